The summed E-state index contributed by atoms with van der Waals surface area (Å²) in [6.45, 7) is 2.15. The van der Waals surface area contributed by atoms with Crippen LogP contribution in [0.3, 0.4) is 0 Å². The minimum atomic E-state index is -0.938. The molecular formula is C12H17NO6S. The molecule has 7 nitrogen and oxygen atoms in total. The molecule has 1 aliphatic heterocycles. The largest absolute Gasteiger partial charge is 0.481 e. The van der Waals surface area contributed by atoms with Crippen LogP contribution in [0.15, 0.2) is 0 Å². The monoisotopic (exact) mass is 303 g/mol. The van der Waals surface area contributed by atoms with Crippen molar-refractivity contribution in [2.24, 2.45) is 11.8 Å². The van der Waals surface area contributed by atoms with Crippen molar-refractivity contribution in [1.82, 2.24) is 5.32 Å². The fourth-order valence-electron chi connectivity index (χ4n) is 1.68. The molecule has 2 aliphatic rings. The average molecular weight is 303 g/mol. The van der Waals surface area contributed by atoms with Crippen molar-refractivity contribution < 1.29 is 29.4 Å². The Morgan fingerprint density at radius 1 is 1.40 bits per heavy atom. The van der Waals surface area contributed by atoms with Crippen LogP contribution in [0.4, 0.5) is 0 Å². The van der Waals surface area contributed by atoms with E-state index in [0.717, 1.165) is 0 Å². The van der Waals surface area contributed by atoms with Gasteiger partial charge in [0, 0.05) is 18.1 Å². The highest BCUT2D eigenvalue weighted by atomic mass is 32.2. The maximum Gasteiger partial charge on any atom is 0.316 e. The second-order valence-electron chi connectivity index (χ2n) is 4.73. The van der Waals surface area contributed by atoms with E-state index in [1.807, 2.05) is 0 Å². The van der Waals surface area contributed by atoms with Gasteiger partial charge in [0.1, 0.15) is 5.78 Å². The minimum absolute atomic E-state index is 0.0579. The van der Waals surface area contributed by atoms with Gasteiger partial charge >= 0.3 is 11.9 Å². The van der Waals surface area contributed by atoms with E-state index in [-0.39, 0.29) is 24.0 Å². The normalized spacial score (nSPS) is 25.2. The number of ketones is 1. The summed E-state index contributed by atoms with van der Waals surface area (Å²) in [6.07, 6.45) is 0.426. The van der Waals surface area contributed by atoms with E-state index in [4.69, 9.17) is 10.2 Å². The maximum absolute atomic E-state index is 11.4. The van der Waals surface area contributed by atoms with E-state index < -0.39 is 23.1 Å². The Morgan fingerprint density at radius 3 is 2.30 bits per heavy atom. The number of hydrogen-bond acceptors (Lipinski definition) is 5. The molecule has 2 fully saturated rings. The van der Waals surface area contributed by atoms with Crippen molar-refractivity contribution in [3.63, 3.8) is 0 Å². The van der Waals surface area contributed by atoms with Crippen LogP contribution in [0.5, 0.6) is 0 Å². The predicted molar refractivity (Wildman–Crippen MR) is 71.4 cm³/mol. The molecule has 8 heteroatoms. The van der Waals surface area contributed by atoms with Crippen LogP contribution in [0.2, 0.25) is 0 Å². The smallest absolute Gasteiger partial charge is 0.316 e. The molecule has 0 radical (unpaired) electrons. The third-order valence-corrected chi connectivity index (χ3v) is 4.33. The number of nitrogens with one attached hydrogen (secondary N) is 1. The lowest BCUT2D eigenvalue weighted by molar-refractivity contribution is -0.142. The van der Waals surface area contributed by atoms with Crippen LogP contribution in [0.1, 0.15) is 19.8 Å². The zero-order valence-corrected chi connectivity index (χ0v) is 11.8. The third kappa shape index (κ3) is 5.60. The Morgan fingerprint density at radius 2 is 1.95 bits per heavy atom. The van der Waals surface area contributed by atoms with Gasteiger partial charge in [-0.15, -0.1) is 11.8 Å². The Labute approximate surface area is 120 Å². The second kappa shape index (κ2) is 7.28. The molecule has 0 aromatic heterocycles. The molecule has 0 aromatic carbocycles. The topological polar surface area (TPSA) is 131 Å². The van der Waals surface area contributed by atoms with Gasteiger partial charge in [-0.25, -0.2) is 0 Å². The van der Waals surface area contributed by atoms with Gasteiger partial charge in [0.25, 0.3) is 0 Å². The van der Waals surface area contributed by atoms with Crippen molar-refractivity contribution in [1.29, 1.82) is 0 Å². The molecule has 0 bridgehead atoms. The SMILES string of the molecule is CC(SCC1CC(C(=O)O)CC1=O)C(=O)O.O=C1CN1. The summed E-state index contributed by atoms with van der Waals surface area (Å²) in [5.41, 5.74) is 0. The summed E-state index contributed by atoms with van der Waals surface area (Å²) >= 11 is 1.19. The number of Topliss-reactive ketones (excluding diaryl/α,β-unsaturated/α-hetero) is 1. The van der Waals surface area contributed by atoms with E-state index in [1.54, 1.807) is 6.92 Å². The van der Waals surface area contributed by atoms with Crippen molar-refractivity contribution >= 4 is 35.4 Å². The number of carbonyl (C=O) groups excluding carboxylic acids is 2. The zero-order chi connectivity index (χ0) is 15.3. The quantitative estimate of drug-likeness (QED) is 0.609. The lowest BCUT2D eigenvalue weighted by Crippen LogP contribution is -2.16. The summed E-state index contributed by atoms with van der Waals surface area (Å²) in [4.78, 5) is 42.1. The molecule has 1 heterocycles. The van der Waals surface area contributed by atoms with E-state index in [1.165, 1.54) is 11.8 Å². The van der Waals surface area contributed by atoms with E-state index in [0.29, 0.717) is 18.7 Å². The van der Waals surface area contributed by atoms with Gasteiger partial charge in [0.15, 0.2) is 0 Å². The van der Waals surface area contributed by atoms with E-state index in [2.05, 4.69) is 5.32 Å². The molecule has 1 aliphatic carbocycles. The van der Waals surface area contributed by atoms with Crippen LogP contribution in [0.25, 0.3) is 0 Å². The average Bonchev–Trinajstić information content (AvgIpc) is 3.05. The van der Waals surface area contributed by atoms with Crippen molar-refractivity contribution in [2.45, 2.75) is 25.0 Å². The molecule has 1 amide bonds. The third-order valence-electron chi connectivity index (χ3n) is 3.04. The standard InChI is InChI=1S/C10H14O5S.C2H3NO/c1-5(9(12)13)16-4-7-2-6(10(14)15)3-8(7)11;4-2-1-3-2/h5-7H,2-4H2,1H3,(H,12,13)(H,14,15);1H2,(H,3,4). The summed E-state index contributed by atoms with van der Waals surface area (Å²) in [6, 6.07) is 0. The Bertz CT molecular complexity index is 418. The van der Waals surface area contributed by atoms with Crippen LogP contribution in [0, 0.1) is 11.8 Å². The highest BCUT2D eigenvalue weighted by Crippen LogP contribution is 2.31. The molecule has 112 valence electrons. The number of rotatable bonds is 5. The van der Waals surface area contributed by atoms with E-state index in [9.17, 15) is 19.2 Å². The first kappa shape index (κ1) is 16.5. The van der Waals surface area contributed by atoms with Gasteiger partial charge in [0.05, 0.1) is 17.7 Å². The number of carbonyl (C=O) groups is 4. The molecule has 0 aromatic rings. The molecule has 3 N–H and O–H groups in total. The Hall–Kier alpha value is -1.57. The summed E-state index contributed by atoms with van der Waals surface area (Å²) in [7, 11) is 0. The highest BCUT2D eigenvalue weighted by Gasteiger charge is 2.36. The van der Waals surface area contributed by atoms with Crippen LogP contribution in [-0.4, -0.2) is 51.4 Å². The Kier molecular flexibility index (Phi) is 6.00. The number of carboxylic acid groups (broad SMARTS) is 2. The van der Waals surface area contributed by atoms with Crippen LogP contribution < -0.4 is 5.32 Å². The highest BCUT2D eigenvalue weighted by molar-refractivity contribution is 8.00. The Balaban J connectivity index is 0.000000425. The first-order chi connectivity index (χ1) is 9.31. The number of thioether (sulfide) groups is 1. The lowest BCUT2D eigenvalue weighted by atomic mass is 10.1. The van der Waals surface area contributed by atoms with Crippen LogP contribution >= 0.6 is 11.8 Å². The molecule has 0 spiro atoms. The lowest BCUT2D eigenvalue weighted by Gasteiger charge is -2.10. The van der Waals surface area contributed by atoms with Gasteiger partial charge in [0.2, 0.25) is 5.91 Å². The van der Waals surface area contributed by atoms with Gasteiger partial charge in [-0.2, -0.15) is 0 Å². The van der Waals surface area contributed by atoms with Crippen molar-refractivity contribution in [3.05, 3.63) is 0 Å². The number of amides is 1. The van der Waals surface area contributed by atoms with Crippen LogP contribution in [-0.2, 0) is 19.2 Å². The zero-order valence-electron chi connectivity index (χ0n) is 11.0. The fraction of sp³-hybridized carbons (Fsp3) is 0.667. The molecule has 3 atom stereocenters. The summed E-state index contributed by atoms with van der Waals surface area (Å²) < 4.78 is 0. The molecule has 3 unspecified atom stereocenters. The maximum atomic E-state index is 11.4. The molecular weight excluding hydrogens is 286 g/mol. The second-order valence-corrected chi connectivity index (χ2v) is 6.10. The fourth-order valence-corrected chi connectivity index (χ4v) is 2.67. The van der Waals surface area contributed by atoms with Crippen molar-refractivity contribution in [2.75, 3.05) is 12.3 Å². The minimum Gasteiger partial charge on any atom is -0.481 e. The first-order valence-corrected chi connectivity index (χ1v) is 7.22. The molecule has 1 saturated carbocycles. The number of hydrogen-bond donors (Lipinski definition) is 3. The van der Waals surface area contributed by atoms with Gasteiger partial charge in [-0.1, -0.05) is 0 Å². The first-order valence-electron chi connectivity index (χ1n) is 6.18. The number of aliphatic carboxylic acids is 2. The molecule has 1 saturated heterocycles. The van der Waals surface area contributed by atoms with Gasteiger partial charge in [-0.3, -0.25) is 19.2 Å². The van der Waals surface area contributed by atoms with Crippen molar-refractivity contribution in [3.8, 4) is 0 Å². The summed E-state index contributed by atoms with van der Waals surface area (Å²) in [5.74, 6) is -2.23. The number of carboxylic acids is 2. The summed E-state index contributed by atoms with van der Waals surface area (Å²) in [5, 5.41) is 19.3. The van der Waals surface area contributed by atoms with E-state index >= 15 is 0 Å². The predicted octanol–water partition coefficient (Wildman–Crippen LogP) is -0.0112. The molecule has 2 rings (SSSR count). The van der Waals surface area contributed by atoms with Gasteiger partial charge < -0.3 is 15.5 Å². The van der Waals surface area contributed by atoms with Gasteiger partial charge in [-0.05, 0) is 13.3 Å². The molecule has 20 heavy (non-hydrogen) atoms.